The lowest BCUT2D eigenvalue weighted by Gasteiger charge is -2.11. The monoisotopic (exact) mass is 249 g/mol. The van der Waals surface area contributed by atoms with E-state index >= 15 is 0 Å². The lowest BCUT2D eigenvalue weighted by Crippen LogP contribution is -2.20. The van der Waals surface area contributed by atoms with Gasteiger partial charge in [-0.05, 0) is 31.7 Å². The molecule has 0 radical (unpaired) electrons. The van der Waals surface area contributed by atoms with Gasteiger partial charge < -0.3 is 5.32 Å². The molecule has 2 aromatic heterocycles. The molecule has 0 saturated carbocycles. The van der Waals surface area contributed by atoms with E-state index in [2.05, 4.69) is 48.0 Å². The number of nitrogens with zero attached hydrogens (tertiary/aromatic N) is 2. The minimum atomic E-state index is 0.371. The summed E-state index contributed by atoms with van der Waals surface area (Å²) >= 11 is 1.82. The first kappa shape index (κ1) is 12.3. The molecule has 3 nitrogen and oxygen atoms in total. The Morgan fingerprint density at radius 1 is 1.53 bits per heavy atom. The van der Waals surface area contributed by atoms with Crippen LogP contribution in [-0.4, -0.2) is 16.3 Å². The van der Waals surface area contributed by atoms with Crippen molar-refractivity contribution in [3.8, 4) is 0 Å². The van der Waals surface area contributed by atoms with Crippen LogP contribution in [0.15, 0.2) is 29.9 Å². The summed E-state index contributed by atoms with van der Waals surface area (Å²) in [6.45, 7) is 6.23. The highest BCUT2D eigenvalue weighted by Crippen LogP contribution is 2.12. The van der Waals surface area contributed by atoms with Crippen molar-refractivity contribution in [3.05, 3.63) is 40.3 Å². The number of hydrogen-bond donors (Lipinski definition) is 1. The summed E-state index contributed by atoms with van der Waals surface area (Å²) in [4.78, 5) is 1.44. The van der Waals surface area contributed by atoms with Gasteiger partial charge in [-0.15, -0.1) is 11.3 Å². The number of rotatable bonds is 6. The molecule has 0 aliphatic carbocycles. The van der Waals surface area contributed by atoms with Crippen LogP contribution in [0, 0.1) is 0 Å². The first-order chi connectivity index (χ1) is 8.29. The first-order valence-electron chi connectivity index (χ1n) is 6.07. The van der Waals surface area contributed by atoms with Crippen LogP contribution in [0.2, 0.25) is 0 Å². The molecule has 0 aliphatic heterocycles. The van der Waals surface area contributed by atoms with Gasteiger partial charge in [0.15, 0.2) is 0 Å². The number of hydrogen-bond acceptors (Lipinski definition) is 3. The molecule has 0 amide bonds. The molecule has 1 atom stereocenters. The fourth-order valence-electron chi connectivity index (χ4n) is 1.76. The lowest BCUT2D eigenvalue weighted by atomic mass is 10.2. The summed E-state index contributed by atoms with van der Waals surface area (Å²) in [5, 5.41) is 9.95. The molecule has 2 heterocycles. The standard InChI is InChI=1S/C13H19N3S/c1-3-16-10-12(9-15-16)11(2)14-7-6-13-5-4-8-17-13/h4-5,8-11,14H,3,6-7H2,1-2H3. The van der Waals surface area contributed by atoms with E-state index in [-0.39, 0.29) is 0 Å². The predicted octanol–water partition coefficient (Wildman–Crippen LogP) is 2.86. The Bertz CT molecular complexity index is 433. The van der Waals surface area contributed by atoms with Crippen LogP contribution in [-0.2, 0) is 13.0 Å². The fourth-order valence-corrected chi connectivity index (χ4v) is 2.47. The van der Waals surface area contributed by atoms with Gasteiger partial charge in [-0.25, -0.2) is 0 Å². The van der Waals surface area contributed by atoms with Crippen molar-refractivity contribution in [2.75, 3.05) is 6.54 Å². The summed E-state index contributed by atoms with van der Waals surface area (Å²) in [5.41, 5.74) is 1.26. The van der Waals surface area contributed by atoms with Gasteiger partial charge in [-0.2, -0.15) is 5.10 Å². The summed E-state index contributed by atoms with van der Waals surface area (Å²) < 4.78 is 1.97. The number of thiophene rings is 1. The van der Waals surface area contributed by atoms with Gasteiger partial charge in [0.25, 0.3) is 0 Å². The molecule has 92 valence electrons. The van der Waals surface area contributed by atoms with Crippen LogP contribution in [0.1, 0.15) is 30.3 Å². The van der Waals surface area contributed by atoms with Gasteiger partial charge in [0.2, 0.25) is 0 Å². The van der Waals surface area contributed by atoms with Crippen molar-refractivity contribution in [1.82, 2.24) is 15.1 Å². The van der Waals surface area contributed by atoms with Crippen molar-refractivity contribution in [2.24, 2.45) is 0 Å². The van der Waals surface area contributed by atoms with Crippen molar-refractivity contribution < 1.29 is 0 Å². The molecule has 0 fully saturated rings. The topological polar surface area (TPSA) is 29.9 Å². The summed E-state index contributed by atoms with van der Waals surface area (Å²) in [7, 11) is 0. The van der Waals surface area contributed by atoms with E-state index in [0.29, 0.717) is 6.04 Å². The largest absolute Gasteiger partial charge is 0.310 e. The SMILES string of the molecule is CCn1cc(C(C)NCCc2cccs2)cn1. The zero-order valence-corrected chi connectivity index (χ0v) is 11.2. The molecule has 0 bridgehead atoms. The van der Waals surface area contributed by atoms with Crippen molar-refractivity contribution in [3.63, 3.8) is 0 Å². The molecular formula is C13H19N3S. The van der Waals surface area contributed by atoms with Crippen LogP contribution in [0.4, 0.5) is 0 Å². The highest BCUT2D eigenvalue weighted by molar-refractivity contribution is 7.09. The smallest absolute Gasteiger partial charge is 0.0537 e. The summed E-state index contributed by atoms with van der Waals surface area (Å²) in [6.07, 6.45) is 5.17. The van der Waals surface area contributed by atoms with Crippen molar-refractivity contribution in [1.29, 1.82) is 0 Å². The van der Waals surface area contributed by atoms with Crippen molar-refractivity contribution >= 4 is 11.3 Å². The third kappa shape index (κ3) is 3.41. The highest BCUT2D eigenvalue weighted by Gasteiger charge is 2.06. The Labute approximate surface area is 106 Å². The van der Waals surface area contributed by atoms with Crippen LogP contribution in [0.5, 0.6) is 0 Å². The summed E-state index contributed by atoms with van der Waals surface area (Å²) in [6, 6.07) is 4.66. The molecule has 0 aliphatic rings. The van der Waals surface area contributed by atoms with Crippen LogP contribution < -0.4 is 5.32 Å². The zero-order chi connectivity index (χ0) is 12.1. The number of nitrogens with one attached hydrogen (secondary N) is 1. The van der Waals surface area contributed by atoms with Gasteiger partial charge in [0.05, 0.1) is 6.20 Å². The molecular weight excluding hydrogens is 230 g/mol. The maximum atomic E-state index is 4.29. The van der Waals surface area contributed by atoms with Gasteiger partial charge in [0, 0.05) is 35.8 Å². The molecule has 1 unspecified atom stereocenters. The van der Waals surface area contributed by atoms with E-state index < -0.39 is 0 Å². The Morgan fingerprint density at radius 3 is 3.06 bits per heavy atom. The minimum absolute atomic E-state index is 0.371. The average Bonchev–Trinajstić information content (AvgIpc) is 2.99. The van der Waals surface area contributed by atoms with Gasteiger partial charge in [0.1, 0.15) is 0 Å². The summed E-state index contributed by atoms with van der Waals surface area (Å²) in [5.74, 6) is 0. The second-order valence-electron chi connectivity index (χ2n) is 4.13. The Hall–Kier alpha value is -1.13. The van der Waals surface area contributed by atoms with Crippen LogP contribution >= 0.6 is 11.3 Å². The molecule has 0 spiro atoms. The number of aryl methyl sites for hydroxylation is 1. The fraction of sp³-hybridized carbons (Fsp3) is 0.462. The van der Waals surface area contributed by atoms with E-state index in [0.717, 1.165) is 19.5 Å². The van der Waals surface area contributed by atoms with E-state index in [4.69, 9.17) is 0 Å². The average molecular weight is 249 g/mol. The molecule has 0 saturated heterocycles. The zero-order valence-electron chi connectivity index (χ0n) is 10.4. The van der Waals surface area contributed by atoms with Crippen LogP contribution in [0.3, 0.4) is 0 Å². The highest BCUT2D eigenvalue weighted by atomic mass is 32.1. The quantitative estimate of drug-likeness (QED) is 0.853. The molecule has 1 N–H and O–H groups in total. The van der Waals surface area contributed by atoms with Gasteiger partial charge in [-0.1, -0.05) is 6.07 Å². The Morgan fingerprint density at radius 2 is 2.41 bits per heavy atom. The van der Waals surface area contributed by atoms with Crippen LogP contribution in [0.25, 0.3) is 0 Å². The minimum Gasteiger partial charge on any atom is -0.310 e. The van der Waals surface area contributed by atoms with Gasteiger partial charge in [-0.3, -0.25) is 4.68 Å². The van der Waals surface area contributed by atoms with E-state index in [9.17, 15) is 0 Å². The molecule has 2 rings (SSSR count). The normalized spacial score (nSPS) is 12.8. The third-order valence-electron chi connectivity index (χ3n) is 2.88. The second-order valence-corrected chi connectivity index (χ2v) is 5.17. The van der Waals surface area contributed by atoms with E-state index in [1.165, 1.54) is 10.4 Å². The Kier molecular flexibility index (Phi) is 4.34. The predicted molar refractivity (Wildman–Crippen MR) is 72.3 cm³/mol. The maximum Gasteiger partial charge on any atom is 0.0537 e. The molecule has 17 heavy (non-hydrogen) atoms. The lowest BCUT2D eigenvalue weighted by molar-refractivity contribution is 0.576. The third-order valence-corrected chi connectivity index (χ3v) is 3.82. The van der Waals surface area contributed by atoms with E-state index in [1.54, 1.807) is 0 Å². The first-order valence-corrected chi connectivity index (χ1v) is 6.95. The molecule has 0 aromatic carbocycles. The van der Waals surface area contributed by atoms with Gasteiger partial charge >= 0.3 is 0 Å². The molecule has 2 aromatic rings. The Balaban J connectivity index is 1.78. The number of aromatic nitrogens is 2. The van der Waals surface area contributed by atoms with Crippen molar-refractivity contribution in [2.45, 2.75) is 32.9 Å². The maximum absolute atomic E-state index is 4.29. The molecule has 4 heteroatoms. The second kappa shape index (κ2) is 5.98. The van der Waals surface area contributed by atoms with E-state index in [1.807, 2.05) is 22.2 Å².